The number of hydrogen-bond donors (Lipinski definition) is 2. The van der Waals surface area contributed by atoms with Gasteiger partial charge in [0.05, 0.1) is 23.0 Å². The summed E-state index contributed by atoms with van der Waals surface area (Å²) in [5.41, 5.74) is 2.51. The Labute approximate surface area is 143 Å². The summed E-state index contributed by atoms with van der Waals surface area (Å²) in [5, 5.41) is 18.6. The van der Waals surface area contributed by atoms with Gasteiger partial charge >= 0.3 is 0 Å². The first-order valence-corrected chi connectivity index (χ1v) is 8.26. The molecule has 0 aliphatic carbocycles. The molecule has 1 saturated heterocycles. The zero-order valence-electron chi connectivity index (χ0n) is 13.4. The molecule has 1 aromatic carbocycles. The lowest BCUT2D eigenvalue weighted by Gasteiger charge is -2.12. The minimum atomic E-state index is 0.225. The molecule has 5 rings (SSSR count). The van der Waals surface area contributed by atoms with Crippen LogP contribution in [0.2, 0.25) is 0 Å². The van der Waals surface area contributed by atoms with E-state index in [0.717, 1.165) is 36.4 Å². The third kappa shape index (κ3) is 2.49. The van der Waals surface area contributed by atoms with Crippen LogP contribution in [0.4, 0.5) is 17.5 Å². The summed E-state index contributed by atoms with van der Waals surface area (Å²) in [7, 11) is 0. The maximum absolute atomic E-state index is 5.63. The molecular formula is C16H16N8O. The van der Waals surface area contributed by atoms with Crippen LogP contribution < -0.4 is 10.6 Å². The average Bonchev–Trinajstić information content (AvgIpc) is 3.30. The van der Waals surface area contributed by atoms with Gasteiger partial charge in [-0.05, 0) is 35.4 Å². The number of nitrogens with one attached hydrogen (secondary N) is 2. The van der Waals surface area contributed by atoms with Crippen LogP contribution in [0.3, 0.4) is 0 Å². The molecule has 1 fully saturated rings. The van der Waals surface area contributed by atoms with Gasteiger partial charge in [0.15, 0.2) is 5.82 Å². The number of aromatic nitrogens is 6. The molecule has 0 radical (unpaired) electrons. The van der Waals surface area contributed by atoms with Gasteiger partial charge in [0.25, 0.3) is 0 Å². The number of hydrogen-bond acceptors (Lipinski definition) is 8. The first-order chi connectivity index (χ1) is 12.4. The van der Waals surface area contributed by atoms with E-state index in [2.05, 4.69) is 36.1 Å². The minimum absolute atomic E-state index is 0.225. The highest BCUT2D eigenvalue weighted by molar-refractivity contribution is 5.81. The van der Waals surface area contributed by atoms with Crippen molar-refractivity contribution in [2.45, 2.75) is 18.9 Å². The van der Waals surface area contributed by atoms with E-state index in [1.165, 1.54) is 0 Å². The molecule has 2 N–H and O–H groups in total. The van der Waals surface area contributed by atoms with Gasteiger partial charge < -0.3 is 15.4 Å². The fraction of sp³-hybridized carbons (Fsp3) is 0.312. The fourth-order valence-corrected chi connectivity index (χ4v) is 3.15. The molecule has 9 nitrogen and oxygen atoms in total. The number of fused-ring (bicyclic) bond motifs is 5. The van der Waals surface area contributed by atoms with E-state index < -0.39 is 0 Å². The summed E-state index contributed by atoms with van der Waals surface area (Å²) >= 11 is 0. The second-order valence-electron chi connectivity index (χ2n) is 6.03. The van der Waals surface area contributed by atoms with Gasteiger partial charge in [-0.1, -0.05) is 12.1 Å². The lowest BCUT2D eigenvalue weighted by molar-refractivity contribution is 0.120. The Morgan fingerprint density at radius 3 is 3.20 bits per heavy atom. The molecule has 0 saturated carbocycles. The highest BCUT2D eigenvalue weighted by Gasteiger charge is 2.23. The molecule has 0 bridgehead atoms. The molecular weight excluding hydrogens is 320 g/mol. The normalized spacial score (nSPS) is 17.8. The largest absolute Gasteiger partial charge is 0.376 e. The van der Waals surface area contributed by atoms with Crippen molar-refractivity contribution in [1.82, 2.24) is 30.2 Å². The number of benzene rings is 1. The van der Waals surface area contributed by atoms with Gasteiger partial charge in [0.1, 0.15) is 5.82 Å². The van der Waals surface area contributed by atoms with E-state index in [1.807, 2.05) is 24.3 Å². The van der Waals surface area contributed by atoms with Gasteiger partial charge in [-0.25, -0.2) is 4.98 Å². The van der Waals surface area contributed by atoms with E-state index in [1.54, 1.807) is 10.9 Å². The Morgan fingerprint density at radius 2 is 2.28 bits per heavy atom. The Hall–Kier alpha value is -3.07. The van der Waals surface area contributed by atoms with Crippen molar-refractivity contribution in [2.75, 3.05) is 23.8 Å². The summed E-state index contributed by atoms with van der Waals surface area (Å²) < 4.78 is 7.32. The predicted octanol–water partition coefficient (Wildman–Crippen LogP) is 1.77. The molecule has 1 atom stereocenters. The molecule has 1 unspecified atom stereocenters. The molecule has 2 aliphatic heterocycles. The first-order valence-electron chi connectivity index (χ1n) is 8.26. The van der Waals surface area contributed by atoms with Crippen molar-refractivity contribution in [3.05, 3.63) is 30.5 Å². The summed E-state index contributed by atoms with van der Waals surface area (Å²) in [4.78, 5) is 9.02. The minimum Gasteiger partial charge on any atom is -0.376 e. The van der Waals surface area contributed by atoms with Crippen LogP contribution in [0.1, 0.15) is 12.8 Å². The molecule has 0 amide bonds. The van der Waals surface area contributed by atoms with Crippen LogP contribution in [-0.4, -0.2) is 49.4 Å². The van der Waals surface area contributed by atoms with Crippen LogP contribution in [0.5, 0.6) is 0 Å². The van der Waals surface area contributed by atoms with Gasteiger partial charge in [-0.15, -0.1) is 5.10 Å². The second kappa shape index (κ2) is 5.78. The van der Waals surface area contributed by atoms with Crippen LogP contribution in [0.15, 0.2) is 30.5 Å². The summed E-state index contributed by atoms with van der Waals surface area (Å²) in [6, 6.07) is 7.83. The second-order valence-corrected chi connectivity index (χ2v) is 6.03. The molecule has 2 aliphatic rings. The van der Waals surface area contributed by atoms with Crippen molar-refractivity contribution in [1.29, 1.82) is 0 Å². The third-order valence-corrected chi connectivity index (χ3v) is 4.40. The Bertz CT molecular complexity index is 918. The third-order valence-electron chi connectivity index (χ3n) is 4.40. The monoisotopic (exact) mass is 336 g/mol. The molecule has 126 valence electrons. The number of para-hydroxylation sites is 2. The molecule has 0 spiro atoms. The van der Waals surface area contributed by atoms with Gasteiger partial charge in [-0.2, -0.15) is 9.67 Å². The van der Waals surface area contributed by atoms with E-state index in [-0.39, 0.29) is 6.10 Å². The average molecular weight is 336 g/mol. The van der Waals surface area contributed by atoms with Crippen molar-refractivity contribution in [3.8, 4) is 17.1 Å². The molecule has 4 heterocycles. The van der Waals surface area contributed by atoms with Crippen LogP contribution >= 0.6 is 0 Å². The first kappa shape index (κ1) is 14.3. The topological polar surface area (TPSA) is 103 Å². The SMILES string of the molecule is c1ccc2c(c1)Nc1nc(NCC3CCCO3)ncc1-c1nnnn1-2. The predicted molar refractivity (Wildman–Crippen MR) is 90.9 cm³/mol. The highest BCUT2D eigenvalue weighted by Crippen LogP contribution is 2.35. The fourth-order valence-electron chi connectivity index (χ4n) is 3.15. The lowest BCUT2D eigenvalue weighted by Crippen LogP contribution is -2.19. The van der Waals surface area contributed by atoms with Gasteiger partial charge in [0.2, 0.25) is 5.95 Å². The maximum Gasteiger partial charge on any atom is 0.224 e. The molecule has 25 heavy (non-hydrogen) atoms. The van der Waals surface area contributed by atoms with Crippen molar-refractivity contribution in [3.63, 3.8) is 0 Å². The smallest absolute Gasteiger partial charge is 0.224 e. The number of nitrogens with zero attached hydrogens (tertiary/aromatic N) is 6. The quantitative estimate of drug-likeness (QED) is 0.583. The number of anilines is 3. The summed E-state index contributed by atoms with van der Waals surface area (Å²) in [5.74, 6) is 1.84. The van der Waals surface area contributed by atoms with Crippen LogP contribution in [-0.2, 0) is 4.74 Å². The van der Waals surface area contributed by atoms with E-state index in [4.69, 9.17) is 4.74 Å². The van der Waals surface area contributed by atoms with Gasteiger partial charge in [-0.3, -0.25) is 0 Å². The van der Waals surface area contributed by atoms with Crippen LogP contribution in [0, 0.1) is 0 Å². The van der Waals surface area contributed by atoms with Crippen molar-refractivity contribution >= 4 is 17.5 Å². The van der Waals surface area contributed by atoms with Crippen molar-refractivity contribution in [2.24, 2.45) is 0 Å². The molecule has 2 aromatic heterocycles. The highest BCUT2D eigenvalue weighted by atomic mass is 16.5. The number of rotatable bonds is 3. The summed E-state index contributed by atoms with van der Waals surface area (Å²) in [6.07, 6.45) is 4.14. The summed E-state index contributed by atoms with van der Waals surface area (Å²) in [6.45, 7) is 1.53. The number of tetrazole rings is 1. The Kier molecular flexibility index (Phi) is 3.30. The standard InChI is InChI=1S/C16H16N8O/c1-2-6-13-12(5-1)19-14-11(15-21-22-23-24(13)15)9-18-16(20-14)17-8-10-4-3-7-25-10/h1-2,5-6,9-10H,3-4,7-8H2,(H2,17,18,19,20). The van der Waals surface area contributed by atoms with Gasteiger partial charge in [0, 0.05) is 19.3 Å². The van der Waals surface area contributed by atoms with Crippen molar-refractivity contribution < 1.29 is 4.74 Å². The molecule has 3 aromatic rings. The Morgan fingerprint density at radius 1 is 1.32 bits per heavy atom. The zero-order chi connectivity index (χ0) is 16.6. The Balaban J connectivity index is 1.51. The van der Waals surface area contributed by atoms with Crippen LogP contribution in [0.25, 0.3) is 17.1 Å². The lowest BCUT2D eigenvalue weighted by atomic mass is 10.2. The van der Waals surface area contributed by atoms with E-state index in [9.17, 15) is 0 Å². The van der Waals surface area contributed by atoms with E-state index >= 15 is 0 Å². The number of ether oxygens (including phenoxy) is 1. The van der Waals surface area contributed by atoms with E-state index in [0.29, 0.717) is 24.1 Å². The zero-order valence-corrected chi connectivity index (χ0v) is 13.4. The molecule has 9 heteroatoms. The maximum atomic E-state index is 5.63.